The molecule has 1 fully saturated rings. The van der Waals surface area contributed by atoms with E-state index < -0.39 is 0 Å². The minimum absolute atomic E-state index is 0.150. The van der Waals surface area contributed by atoms with Crippen molar-refractivity contribution in [1.82, 2.24) is 10.2 Å². The summed E-state index contributed by atoms with van der Waals surface area (Å²) in [4.78, 5) is 11.2. The van der Waals surface area contributed by atoms with Gasteiger partial charge in [-0.1, -0.05) is 13.8 Å². The minimum Gasteiger partial charge on any atom is -0.469 e. The average Bonchev–Trinajstić information content (AvgIpc) is 3.06. The first-order chi connectivity index (χ1) is 8.13. The fourth-order valence-electron chi connectivity index (χ4n) is 2.17. The fourth-order valence-corrected chi connectivity index (χ4v) is 2.17. The number of aromatic nitrogens is 2. The Morgan fingerprint density at radius 2 is 2.24 bits per heavy atom. The molecule has 0 spiro atoms. The number of hydrogen-bond donors (Lipinski definition) is 1. The molecule has 1 aromatic rings. The van der Waals surface area contributed by atoms with Gasteiger partial charge in [0.05, 0.1) is 12.8 Å². The second-order valence-corrected chi connectivity index (χ2v) is 5.01. The lowest BCUT2D eigenvalue weighted by Crippen LogP contribution is -2.05. The monoisotopic (exact) mass is 236 g/mol. The van der Waals surface area contributed by atoms with E-state index in [-0.39, 0.29) is 5.97 Å². The number of nitrogens with zero attached hydrogens (tertiary/aromatic N) is 1. The van der Waals surface area contributed by atoms with Gasteiger partial charge in [-0.15, -0.1) is 0 Å². The predicted molar refractivity (Wildman–Crippen MR) is 65.0 cm³/mol. The van der Waals surface area contributed by atoms with Crippen molar-refractivity contribution in [2.24, 2.45) is 0 Å². The quantitative estimate of drug-likeness (QED) is 0.799. The Morgan fingerprint density at radius 3 is 2.76 bits per heavy atom. The molecule has 1 saturated carbocycles. The summed E-state index contributed by atoms with van der Waals surface area (Å²) in [5, 5.41) is 7.56. The number of carbonyl (C=O) groups excluding carboxylic acids is 1. The summed E-state index contributed by atoms with van der Waals surface area (Å²) < 4.78 is 4.70. The third-order valence-corrected chi connectivity index (χ3v) is 3.27. The standard InChI is InChI=1S/C13H20N2O2/c1-8(2)12-10(6-7-11(16)17-3)13(15-14-12)9-4-5-9/h8-9H,4-7H2,1-3H3,(H,14,15). The number of nitrogens with one attached hydrogen (secondary N) is 1. The summed E-state index contributed by atoms with van der Waals surface area (Å²) in [5.74, 6) is 0.886. The maximum absolute atomic E-state index is 11.2. The van der Waals surface area contributed by atoms with Crippen molar-refractivity contribution >= 4 is 5.97 Å². The Kier molecular flexibility index (Phi) is 3.50. The second kappa shape index (κ2) is 4.90. The van der Waals surface area contributed by atoms with E-state index in [0.29, 0.717) is 18.3 Å². The van der Waals surface area contributed by atoms with Crippen molar-refractivity contribution < 1.29 is 9.53 Å². The van der Waals surface area contributed by atoms with E-state index in [2.05, 4.69) is 24.0 Å². The van der Waals surface area contributed by atoms with Gasteiger partial charge in [0.2, 0.25) is 0 Å². The molecule has 1 N–H and O–H groups in total. The molecule has 0 unspecified atom stereocenters. The Hall–Kier alpha value is -1.32. The van der Waals surface area contributed by atoms with E-state index >= 15 is 0 Å². The molecule has 0 aromatic carbocycles. The van der Waals surface area contributed by atoms with Gasteiger partial charge in [-0.25, -0.2) is 0 Å². The molecule has 94 valence electrons. The SMILES string of the molecule is COC(=O)CCc1c(C(C)C)n[nH]c1C1CC1. The molecule has 0 bridgehead atoms. The Bertz CT molecular complexity index is 386. The fraction of sp³-hybridized carbons (Fsp3) is 0.692. The van der Waals surface area contributed by atoms with Gasteiger partial charge in [-0.2, -0.15) is 5.10 Å². The van der Waals surface area contributed by atoms with E-state index in [9.17, 15) is 4.79 Å². The normalized spacial score (nSPS) is 15.3. The van der Waals surface area contributed by atoms with Gasteiger partial charge in [-0.3, -0.25) is 9.89 Å². The molecule has 1 aliphatic carbocycles. The molecule has 0 saturated heterocycles. The molecule has 17 heavy (non-hydrogen) atoms. The van der Waals surface area contributed by atoms with Crippen molar-refractivity contribution in [1.29, 1.82) is 0 Å². The second-order valence-electron chi connectivity index (χ2n) is 5.01. The number of carbonyl (C=O) groups is 1. The van der Waals surface area contributed by atoms with Crippen LogP contribution in [0, 0.1) is 0 Å². The van der Waals surface area contributed by atoms with Crippen LogP contribution < -0.4 is 0 Å². The van der Waals surface area contributed by atoms with Crippen LogP contribution in [0.4, 0.5) is 0 Å². The summed E-state index contributed by atoms with van der Waals surface area (Å²) in [7, 11) is 1.43. The highest BCUT2D eigenvalue weighted by Crippen LogP contribution is 2.42. The summed E-state index contributed by atoms with van der Waals surface area (Å²) in [6.07, 6.45) is 3.66. The molecular formula is C13H20N2O2. The molecule has 0 radical (unpaired) electrons. The number of methoxy groups -OCH3 is 1. The molecule has 1 heterocycles. The van der Waals surface area contributed by atoms with Crippen LogP contribution in [0.1, 0.15) is 61.9 Å². The van der Waals surface area contributed by atoms with Crippen LogP contribution in [0.25, 0.3) is 0 Å². The van der Waals surface area contributed by atoms with Crippen LogP contribution in [0.2, 0.25) is 0 Å². The zero-order chi connectivity index (χ0) is 12.4. The Morgan fingerprint density at radius 1 is 1.53 bits per heavy atom. The van der Waals surface area contributed by atoms with Gasteiger partial charge in [0.15, 0.2) is 0 Å². The summed E-state index contributed by atoms with van der Waals surface area (Å²) in [6, 6.07) is 0. The third kappa shape index (κ3) is 2.68. The van der Waals surface area contributed by atoms with Crippen LogP contribution in [0.3, 0.4) is 0 Å². The number of rotatable bonds is 5. The van der Waals surface area contributed by atoms with Crippen molar-refractivity contribution in [3.05, 3.63) is 17.0 Å². The zero-order valence-corrected chi connectivity index (χ0v) is 10.7. The summed E-state index contributed by atoms with van der Waals surface area (Å²) in [6.45, 7) is 4.27. The average molecular weight is 236 g/mol. The van der Waals surface area contributed by atoms with E-state index in [1.165, 1.54) is 31.2 Å². The zero-order valence-electron chi connectivity index (χ0n) is 10.7. The Balaban J connectivity index is 2.15. The lowest BCUT2D eigenvalue weighted by atomic mass is 9.98. The van der Waals surface area contributed by atoms with Crippen molar-refractivity contribution in [3.63, 3.8) is 0 Å². The lowest BCUT2D eigenvalue weighted by molar-refractivity contribution is -0.140. The van der Waals surface area contributed by atoms with Crippen molar-refractivity contribution in [2.45, 2.75) is 51.4 Å². The lowest BCUT2D eigenvalue weighted by Gasteiger charge is -2.07. The van der Waals surface area contributed by atoms with E-state index in [1.807, 2.05) is 0 Å². The van der Waals surface area contributed by atoms with E-state index in [0.717, 1.165) is 12.1 Å². The first kappa shape index (κ1) is 12.1. The number of hydrogen-bond acceptors (Lipinski definition) is 3. The largest absolute Gasteiger partial charge is 0.469 e. The number of aromatic amines is 1. The van der Waals surface area contributed by atoms with Gasteiger partial charge in [0.25, 0.3) is 0 Å². The van der Waals surface area contributed by atoms with Gasteiger partial charge in [-0.05, 0) is 30.7 Å². The molecule has 0 aliphatic heterocycles. The molecule has 1 aromatic heterocycles. The molecule has 0 amide bonds. The maximum atomic E-state index is 11.2. The number of ether oxygens (including phenoxy) is 1. The first-order valence-corrected chi connectivity index (χ1v) is 6.27. The summed E-state index contributed by atoms with van der Waals surface area (Å²) in [5.41, 5.74) is 3.60. The van der Waals surface area contributed by atoms with Crippen LogP contribution in [-0.4, -0.2) is 23.3 Å². The molecule has 1 aliphatic rings. The van der Waals surface area contributed by atoms with E-state index in [1.54, 1.807) is 0 Å². The Labute approximate surface area is 102 Å². The van der Waals surface area contributed by atoms with Gasteiger partial charge in [0.1, 0.15) is 0 Å². The molecule has 4 nitrogen and oxygen atoms in total. The smallest absolute Gasteiger partial charge is 0.305 e. The van der Waals surface area contributed by atoms with Gasteiger partial charge in [0, 0.05) is 18.0 Å². The van der Waals surface area contributed by atoms with E-state index in [4.69, 9.17) is 4.74 Å². The molecule has 2 rings (SSSR count). The molecule has 4 heteroatoms. The highest BCUT2D eigenvalue weighted by molar-refractivity contribution is 5.69. The molecule has 0 atom stereocenters. The van der Waals surface area contributed by atoms with Crippen LogP contribution in [0.15, 0.2) is 0 Å². The van der Waals surface area contributed by atoms with Crippen molar-refractivity contribution in [3.8, 4) is 0 Å². The first-order valence-electron chi connectivity index (χ1n) is 6.27. The van der Waals surface area contributed by atoms with Crippen LogP contribution >= 0.6 is 0 Å². The number of esters is 1. The van der Waals surface area contributed by atoms with Crippen LogP contribution in [-0.2, 0) is 16.0 Å². The van der Waals surface area contributed by atoms with Gasteiger partial charge >= 0.3 is 5.97 Å². The minimum atomic E-state index is -0.150. The van der Waals surface area contributed by atoms with Gasteiger partial charge < -0.3 is 4.74 Å². The third-order valence-electron chi connectivity index (χ3n) is 3.27. The summed E-state index contributed by atoms with van der Waals surface area (Å²) >= 11 is 0. The maximum Gasteiger partial charge on any atom is 0.305 e. The number of H-pyrrole nitrogens is 1. The highest BCUT2D eigenvalue weighted by Gasteiger charge is 2.30. The highest BCUT2D eigenvalue weighted by atomic mass is 16.5. The van der Waals surface area contributed by atoms with Crippen molar-refractivity contribution in [2.75, 3.05) is 7.11 Å². The topological polar surface area (TPSA) is 55.0 Å². The van der Waals surface area contributed by atoms with Crippen LogP contribution in [0.5, 0.6) is 0 Å². The molecular weight excluding hydrogens is 216 g/mol. The predicted octanol–water partition coefficient (Wildman–Crippen LogP) is 2.52.